The smallest absolute Gasteiger partial charge is 0.325 e. The third kappa shape index (κ3) is 3.35. The Labute approximate surface area is 100 Å². The molecule has 1 aromatic carbocycles. The highest BCUT2D eigenvalue weighted by molar-refractivity contribution is 5.76. The molecule has 0 aliphatic heterocycles. The van der Waals surface area contributed by atoms with Gasteiger partial charge in [0, 0.05) is 11.6 Å². The first-order valence-corrected chi connectivity index (χ1v) is 5.48. The lowest BCUT2D eigenvalue weighted by atomic mass is 10.1. The number of carboxylic acid groups (broad SMARTS) is 1. The van der Waals surface area contributed by atoms with Crippen LogP contribution in [0, 0.1) is 0 Å². The van der Waals surface area contributed by atoms with Crippen molar-refractivity contribution in [2.45, 2.75) is 19.9 Å². The van der Waals surface area contributed by atoms with Gasteiger partial charge >= 0.3 is 5.97 Å². The quantitative estimate of drug-likeness (QED) is 0.787. The van der Waals surface area contributed by atoms with Crippen LogP contribution >= 0.6 is 0 Å². The molecule has 5 nitrogen and oxygen atoms in total. The monoisotopic (exact) mass is 239 g/mol. The summed E-state index contributed by atoms with van der Waals surface area (Å²) < 4.78 is 10.7. The molecule has 0 aliphatic rings. The van der Waals surface area contributed by atoms with Crippen molar-refractivity contribution in [1.29, 1.82) is 0 Å². The molecular formula is C12H17NO4. The summed E-state index contributed by atoms with van der Waals surface area (Å²) in [6.07, 6.45) is 0. The minimum absolute atomic E-state index is 0.439. The Hall–Kier alpha value is -1.75. The summed E-state index contributed by atoms with van der Waals surface area (Å²) in [4.78, 5) is 10.9. The number of aliphatic carboxylic acids is 1. The maximum Gasteiger partial charge on any atom is 0.325 e. The van der Waals surface area contributed by atoms with Crippen LogP contribution in [0.3, 0.4) is 0 Å². The van der Waals surface area contributed by atoms with Crippen molar-refractivity contribution < 1.29 is 19.4 Å². The van der Waals surface area contributed by atoms with Gasteiger partial charge in [-0.3, -0.25) is 4.79 Å². The lowest BCUT2D eigenvalue weighted by Crippen LogP contribution is -2.21. The maximum absolute atomic E-state index is 10.9. The van der Waals surface area contributed by atoms with Gasteiger partial charge in [-0.1, -0.05) is 0 Å². The SMILES string of the molecule is CCOc1ccc([C@H](N)C(=O)O)c(OCC)c1. The Balaban J connectivity index is 3.07. The topological polar surface area (TPSA) is 81.8 Å². The molecule has 0 aromatic heterocycles. The molecule has 94 valence electrons. The van der Waals surface area contributed by atoms with E-state index in [4.69, 9.17) is 20.3 Å². The molecule has 0 spiro atoms. The third-order valence-corrected chi connectivity index (χ3v) is 2.20. The van der Waals surface area contributed by atoms with Crippen LogP contribution in [-0.2, 0) is 4.79 Å². The predicted molar refractivity (Wildman–Crippen MR) is 63.3 cm³/mol. The first-order chi connectivity index (χ1) is 8.10. The number of carbonyl (C=O) groups is 1. The number of ether oxygens (including phenoxy) is 2. The van der Waals surface area contributed by atoms with Gasteiger partial charge in [-0.05, 0) is 26.0 Å². The summed E-state index contributed by atoms with van der Waals surface area (Å²) in [5.74, 6) is 0.000696. The maximum atomic E-state index is 10.9. The number of rotatable bonds is 6. The Kier molecular flexibility index (Phi) is 4.78. The van der Waals surface area contributed by atoms with Gasteiger partial charge in [0.1, 0.15) is 17.5 Å². The Morgan fingerprint density at radius 3 is 2.53 bits per heavy atom. The highest BCUT2D eigenvalue weighted by atomic mass is 16.5. The average molecular weight is 239 g/mol. The zero-order valence-electron chi connectivity index (χ0n) is 9.97. The molecule has 1 aromatic rings. The number of nitrogens with two attached hydrogens (primary N) is 1. The second-order valence-electron chi connectivity index (χ2n) is 3.38. The van der Waals surface area contributed by atoms with Gasteiger partial charge in [-0.25, -0.2) is 0 Å². The van der Waals surface area contributed by atoms with Crippen LogP contribution < -0.4 is 15.2 Å². The molecule has 0 aliphatic carbocycles. The molecular weight excluding hydrogens is 222 g/mol. The van der Waals surface area contributed by atoms with Crippen molar-refractivity contribution in [3.05, 3.63) is 23.8 Å². The van der Waals surface area contributed by atoms with E-state index in [0.29, 0.717) is 30.3 Å². The minimum Gasteiger partial charge on any atom is -0.494 e. The second kappa shape index (κ2) is 6.10. The van der Waals surface area contributed by atoms with Crippen LogP contribution in [0.25, 0.3) is 0 Å². The molecule has 0 bridgehead atoms. The fraction of sp³-hybridized carbons (Fsp3) is 0.417. The van der Waals surface area contributed by atoms with E-state index in [-0.39, 0.29) is 0 Å². The van der Waals surface area contributed by atoms with Gasteiger partial charge in [-0.15, -0.1) is 0 Å². The van der Waals surface area contributed by atoms with Gasteiger partial charge in [0.2, 0.25) is 0 Å². The minimum atomic E-state index is -1.09. The van der Waals surface area contributed by atoms with Gasteiger partial charge in [0.25, 0.3) is 0 Å². The molecule has 0 radical (unpaired) electrons. The average Bonchev–Trinajstić information content (AvgIpc) is 2.29. The molecule has 0 unspecified atom stereocenters. The lowest BCUT2D eigenvalue weighted by Gasteiger charge is -2.14. The summed E-state index contributed by atoms with van der Waals surface area (Å²) in [6, 6.07) is 3.87. The Morgan fingerprint density at radius 2 is 2.00 bits per heavy atom. The van der Waals surface area contributed by atoms with Crippen LogP contribution in [0.5, 0.6) is 11.5 Å². The first kappa shape index (κ1) is 13.3. The summed E-state index contributed by atoms with van der Waals surface area (Å²) in [6.45, 7) is 4.67. The highest BCUT2D eigenvalue weighted by Gasteiger charge is 2.19. The molecule has 0 fully saturated rings. The van der Waals surface area contributed by atoms with Gasteiger partial charge in [0.05, 0.1) is 13.2 Å². The molecule has 0 saturated heterocycles. The normalized spacial score (nSPS) is 11.9. The van der Waals surface area contributed by atoms with Gasteiger partial charge in [0.15, 0.2) is 0 Å². The molecule has 1 rings (SSSR count). The molecule has 5 heteroatoms. The van der Waals surface area contributed by atoms with Crippen LogP contribution in [0.2, 0.25) is 0 Å². The molecule has 0 amide bonds. The van der Waals surface area contributed by atoms with Crippen molar-refractivity contribution in [3.63, 3.8) is 0 Å². The van der Waals surface area contributed by atoms with E-state index in [9.17, 15) is 4.79 Å². The first-order valence-electron chi connectivity index (χ1n) is 5.48. The summed E-state index contributed by atoms with van der Waals surface area (Å²) in [5.41, 5.74) is 6.02. The van der Waals surface area contributed by atoms with E-state index in [1.807, 2.05) is 13.8 Å². The van der Waals surface area contributed by atoms with Crippen molar-refractivity contribution in [2.24, 2.45) is 5.73 Å². The Morgan fingerprint density at radius 1 is 1.35 bits per heavy atom. The summed E-state index contributed by atoms with van der Waals surface area (Å²) >= 11 is 0. The molecule has 17 heavy (non-hydrogen) atoms. The van der Waals surface area contributed by atoms with Crippen molar-refractivity contribution in [2.75, 3.05) is 13.2 Å². The largest absolute Gasteiger partial charge is 0.494 e. The van der Waals surface area contributed by atoms with Gasteiger partial charge < -0.3 is 20.3 Å². The van der Waals surface area contributed by atoms with E-state index >= 15 is 0 Å². The second-order valence-corrected chi connectivity index (χ2v) is 3.38. The molecule has 0 saturated carbocycles. The molecule has 0 heterocycles. The number of benzene rings is 1. The van der Waals surface area contributed by atoms with Crippen LogP contribution in [0.4, 0.5) is 0 Å². The van der Waals surface area contributed by atoms with Crippen LogP contribution in [-0.4, -0.2) is 24.3 Å². The highest BCUT2D eigenvalue weighted by Crippen LogP contribution is 2.29. The zero-order valence-corrected chi connectivity index (χ0v) is 9.97. The van der Waals surface area contributed by atoms with Gasteiger partial charge in [-0.2, -0.15) is 0 Å². The number of hydrogen-bond donors (Lipinski definition) is 2. The van der Waals surface area contributed by atoms with E-state index in [1.165, 1.54) is 0 Å². The standard InChI is InChI=1S/C12H17NO4/c1-3-16-8-5-6-9(11(13)12(14)15)10(7-8)17-4-2/h5-7,11H,3-4,13H2,1-2H3,(H,14,15)/t11-/m0/s1. The van der Waals surface area contributed by atoms with Crippen LogP contribution in [0.1, 0.15) is 25.5 Å². The van der Waals surface area contributed by atoms with E-state index in [1.54, 1.807) is 18.2 Å². The summed E-state index contributed by atoms with van der Waals surface area (Å²) in [7, 11) is 0. The summed E-state index contributed by atoms with van der Waals surface area (Å²) in [5, 5.41) is 8.89. The third-order valence-electron chi connectivity index (χ3n) is 2.20. The number of carboxylic acids is 1. The van der Waals surface area contributed by atoms with Crippen molar-refractivity contribution >= 4 is 5.97 Å². The lowest BCUT2D eigenvalue weighted by molar-refractivity contribution is -0.138. The molecule has 1 atom stereocenters. The van der Waals surface area contributed by atoms with Crippen LogP contribution in [0.15, 0.2) is 18.2 Å². The molecule has 3 N–H and O–H groups in total. The van der Waals surface area contributed by atoms with Crippen molar-refractivity contribution in [1.82, 2.24) is 0 Å². The zero-order chi connectivity index (χ0) is 12.8. The Bertz CT molecular complexity index is 392. The number of hydrogen-bond acceptors (Lipinski definition) is 4. The van der Waals surface area contributed by atoms with E-state index in [2.05, 4.69) is 0 Å². The fourth-order valence-electron chi connectivity index (χ4n) is 1.44. The predicted octanol–water partition coefficient (Wildman–Crippen LogP) is 1.57. The van der Waals surface area contributed by atoms with Crippen molar-refractivity contribution in [3.8, 4) is 11.5 Å². The van der Waals surface area contributed by atoms with E-state index < -0.39 is 12.0 Å². The van der Waals surface area contributed by atoms with E-state index in [0.717, 1.165) is 0 Å². The fourth-order valence-corrected chi connectivity index (χ4v) is 1.44.